The number of sulfonamides is 2. The van der Waals surface area contributed by atoms with E-state index in [1.54, 1.807) is 19.1 Å². The summed E-state index contributed by atoms with van der Waals surface area (Å²) in [6, 6.07) is 5.30. The Hall–Kier alpha value is -1.00. The Balaban J connectivity index is 2.21. The number of nitrogens with zero attached hydrogens (tertiary/aromatic N) is 2. The van der Waals surface area contributed by atoms with Gasteiger partial charge in [0.25, 0.3) is 0 Å². The van der Waals surface area contributed by atoms with E-state index in [4.69, 9.17) is 0 Å². The monoisotopic (exact) mass is 403 g/mol. The number of hydrogen-bond donors (Lipinski definition) is 1. The molecule has 0 amide bonds. The Bertz CT molecular complexity index is 816. The number of benzene rings is 1. The lowest BCUT2D eigenvalue weighted by molar-refractivity contribution is 0.356. The summed E-state index contributed by atoms with van der Waals surface area (Å²) in [5, 5.41) is 3.12. The Morgan fingerprint density at radius 2 is 1.73 bits per heavy atom. The van der Waals surface area contributed by atoms with Crippen LogP contribution in [0.25, 0.3) is 0 Å². The van der Waals surface area contributed by atoms with Crippen molar-refractivity contribution in [3.8, 4) is 0 Å². The summed E-state index contributed by atoms with van der Waals surface area (Å²) >= 11 is 0. The molecule has 1 aliphatic rings. The van der Waals surface area contributed by atoms with E-state index >= 15 is 0 Å². The van der Waals surface area contributed by atoms with Crippen molar-refractivity contribution < 1.29 is 16.8 Å². The first-order valence-corrected chi connectivity index (χ1v) is 12.0. The lowest BCUT2D eigenvalue weighted by Gasteiger charge is -2.28. The SMILES string of the molecule is CCCN(CCS(=O)(=O)N1CCNCC1)S(=O)(=O)c1cc(C)ccc1C. The number of hydrogen-bond acceptors (Lipinski definition) is 5. The van der Waals surface area contributed by atoms with Gasteiger partial charge in [-0.2, -0.15) is 8.61 Å². The summed E-state index contributed by atoms with van der Waals surface area (Å²) in [4.78, 5) is 0.255. The van der Waals surface area contributed by atoms with Crippen molar-refractivity contribution in [3.63, 3.8) is 0 Å². The standard InChI is InChI=1S/C17H29N3O4S2/c1-4-9-20(12-13-25(21,22)19-10-7-18-8-11-19)26(23,24)17-14-15(2)5-6-16(17)3/h5-6,14,18H,4,7-13H2,1-3H3. The van der Waals surface area contributed by atoms with Crippen LogP contribution in [0.4, 0.5) is 0 Å². The van der Waals surface area contributed by atoms with E-state index in [1.165, 1.54) is 8.61 Å². The Kier molecular flexibility index (Phi) is 7.20. The summed E-state index contributed by atoms with van der Waals surface area (Å²) in [6.45, 7) is 7.86. The van der Waals surface area contributed by atoms with Crippen molar-refractivity contribution in [1.82, 2.24) is 13.9 Å². The molecule has 2 rings (SSSR count). The third-order valence-corrected chi connectivity index (χ3v) is 8.39. The fourth-order valence-corrected chi connectivity index (χ4v) is 6.40. The van der Waals surface area contributed by atoms with E-state index in [9.17, 15) is 16.8 Å². The topological polar surface area (TPSA) is 86.8 Å². The van der Waals surface area contributed by atoms with Gasteiger partial charge >= 0.3 is 0 Å². The first kappa shape index (κ1) is 21.3. The maximum atomic E-state index is 13.1. The highest BCUT2D eigenvalue weighted by atomic mass is 32.2. The fraction of sp³-hybridized carbons (Fsp3) is 0.647. The molecule has 0 radical (unpaired) electrons. The van der Waals surface area contributed by atoms with Crippen LogP contribution in [0.2, 0.25) is 0 Å². The minimum absolute atomic E-state index is 0.0319. The van der Waals surface area contributed by atoms with Gasteiger partial charge in [0.1, 0.15) is 0 Å². The van der Waals surface area contributed by atoms with Crippen LogP contribution in [0.1, 0.15) is 24.5 Å². The highest BCUT2D eigenvalue weighted by molar-refractivity contribution is 7.90. The zero-order chi connectivity index (χ0) is 19.4. The van der Waals surface area contributed by atoms with Crippen molar-refractivity contribution in [3.05, 3.63) is 29.3 Å². The molecule has 1 fully saturated rings. The van der Waals surface area contributed by atoms with Crippen LogP contribution in [-0.2, 0) is 20.0 Å². The van der Waals surface area contributed by atoms with Crippen LogP contribution in [0, 0.1) is 13.8 Å². The molecule has 1 heterocycles. The van der Waals surface area contributed by atoms with Crippen molar-refractivity contribution in [2.75, 3.05) is 45.0 Å². The number of piperazine rings is 1. The van der Waals surface area contributed by atoms with Crippen LogP contribution in [-0.4, -0.2) is 70.5 Å². The van der Waals surface area contributed by atoms with E-state index in [1.807, 2.05) is 19.9 Å². The first-order chi connectivity index (χ1) is 12.2. The second kappa shape index (κ2) is 8.79. The van der Waals surface area contributed by atoms with Gasteiger partial charge in [-0.1, -0.05) is 19.1 Å². The van der Waals surface area contributed by atoms with Gasteiger partial charge in [0.2, 0.25) is 20.0 Å². The summed E-state index contributed by atoms with van der Waals surface area (Å²) in [6.07, 6.45) is 0.623. The minimum atomic E-state index is -3.73. The zero-order valence-corrected chi connectivity index (χ0v) is 17.4. The molecular formula is C17H29N3O4S2. The van der Waals surface area contributed by atoms with Crippen molar-refractivity contribution >= 4 is 20.0 Å². The largest absolute Gasteiger partial charge is 0.314 e. The predicted octanol–water partition coefficient (Wildman–Crippen LogP) is 0.939. The molecule has 0 aromatic heterocycles. The molecule has 0 bridgehead atoms. The molecule has 1 aromatic rings. The molecule has 0 aliphatic carbocycles. The molecule has 1 saturated heterocycles. The normalized spacial score (nSPS) is 16.9. The highest BCUT2D eigenvalue weighted by Crippen LogP contribution is 2.22. The molecule has 0 unspecified atom stereocenters. The zero-order valence-electron chi connectivity index (χ0n) is 15.7. The number of aryl methyl sites for hydroxylation is 2. The van der Waals surface area contributed by atoms with Crippen molar-refractivity contribution in [1.29, 1.82) is 0 Å². The predicted molar refractivity (Wildman–Crippen MR) is 103 cm³/mol. The van der Waals surface area contributed by atoms with Crippen LogP contribution >= 0.6 is 0 Å². The smallest absolute Gasteiger partial charge is 0.243 e. The van der Waals surface area contributed by atoms with Gasteiger partial charge in [-0.15, -0.1) is 0 Å². The molecule has 26 heavy (non-hydrogen) atoms. The van der Waals surface area contributed by atoms with Crippen LogP contribution in [0.15, 0.2) is 23.1 Å². The Morgan fingerprint density at radius 3 is 2.35 bits per heavy atom. The first-order valence-electron chi connectivity index (χ1n) is 8.94. The minimum Gasteiger partial charge on any atom is -0.314 e. The van der Waals surface area contributed by atoms with Gasteiger partial charge in [0, 0.05) is 39.3 Å². The third kappa shape index (κ3) is 5.04. The van der Waals surface area contributed by atoms with E-state index in [2.05, 4.69) is 5.32 Å². The van der Waals surface area contributed by atoms with Gasteiger partial charge in [-0.25, -0.2) is 16.8 Å². The van der Waals surface area contributed by atoms with Crippen molar-refractivity contribution in [2.45, 2.75) is 32.1 Å². The van der Waals surface area contributed by atoms with E-state index in [0.717, 1.165) is 5.56 Å². The van der Waals surface area contributed by atoms with Crippen molar-refractivity contribution in [2.24, 2.45) is 0 Å². The van der Waals surface area contributed by atoms with Gasteiger partial charge in [-0.3, -0.25) is 0 Å². The summed E-state index contributed by atoms with van der Waals surface area (Å²) in [5.74, 6) is -0.197. The molecular weight excluding hydrogens is 374 g/mol. The van der Waals surface area contributed by atoms with E-state index in [0.29, 0.717) is 44.7 Å². The van der Waals surface area contributed by atoms with E-state index < -0.39 is 20.0 Å². The molecule has 7 nitrogen and oxygen atoms in total. The molecule has 1 N–H and O–H groups in total. The summed E-state index contributed by atoms with van der Waals surface area (Å²) in [5.41, 5.74) is 1.53. The van der Waals surface area contributed by atoms with E-state index in [-0.39, 0.29) is 17.2 Å². The Morgan fingerprint density at radius 1 is 1.08 bits per heavy atom. The summed E-state index contributed by atoms with van der Waals surface area (Å²) in [7, 11) is -7.20. The molecule has 1 aliphatic heterocycles. The lowest BCUT2D eigenvalue weighted by Crippen LogP contribution is -2.48. The third-order valence-electron chi connectivity index (χ3n) is 4.50. The van der Waals surface area contributed by atoms with Gasteiger partial charge in [0.15, 0.2) is 0 Å². The van der Waals surface area contributed by atoms with Crippen LogP contribution in [0.3, 0.4) is 0 Å². The molecule has 0 spiro atoms. The fourth-order valence-electron chi connectivity index (χ4n) is 2.99. The molecule has 9 heteroatoms. The van der Waals surface area contributed by atoms with Crippen LogP contribution in [0.5, 0.6) is 0 Å². The average Bonchev–Trinajstić information content (AvgIpc) is 2.61. The van der Waals surface area contributed by atoms with Crippen LogP contribution < -0.4 is 5.32 Å². The molecule has 148 valence electrons. The second-order valence-corrected chi connectivity index (χ2v) is 10.6. The Labute approximate surface area is 157 Å². The van der Waals surface area contributed by atoms with Gasteiger partial charge in [0.05, 0.1) is 10.6 Å². The average molecular weight is 404 g/mol. The lowest BCUT2D eigenvalue weighted by atomic mass is 10.2. The number of rotatable bonds is 8. The van der Waals surface area contributed by atoms with Gasteiger partial charge in [-0.05, 0) is 37.5 Å². The maximum absolute atomic E-state index is 13.1. The van der Waals surface area contributed by atoms with Gasteiger partial charge < -0.3 is 5.32 Å². The number of nitrogens with one attached hydrogen (secondary N) is 1. The second-order valence-electron chi connectivity index (χ2n) is 6.64. The quantitative estimate of drug-likeness (QED) is 0.698. The summed E-state index contributed by atoms with van der Waals surface area (Å²) < 4.78 is 54.0. The maximum Gasteiger partial charge on any atom is 0.243 e. The molecule has 0 saturated carbocycles. The molecule has 0 atom stereocenters. The molecule has 1 aromatic carbocycles. The highest BCUT2D eigenvalue weighted by Gasteiger charge is 2.29.